The van der Waals surface area contributed by atoms with E-state index in [0.29, 0.717) is 12.0 Å². The van der Waals surface area contributed by atoms with Crippen LogP contribution in [0.15, 0.2) is 0 Å². The van der Waals surface area contributed by atoms with Crippen LogP contribution in [0.4, 0.5) is 0 Å². The lowest BCUT2D eigenvalue weighted by molar-refractivity contribution is 0.121. The molecule has 0 aromatic carbocycles. The Labute approximate surface area is 68.8 Å². The van der Waals surface area contributed by atoms with Gasteiger partial charge < -0.3 is 5.11 Å². The maximum atomic E-state index is 9.13. The third-order valence-electron chi connectivity index (χ3n) is 4.10. The molecule has 64 valence electrons. The summed E-state index contributed by atoms with van der Waals surface area (Å²) < 4.78 is 0. The molecule has 0 bridgehead atoms. The highest BCUT2D eigenvalue weighted by Gasteiger charge is 2.64. The summed E-state index contributed by atoms with van der Waals surface area (Å²) in [5, 5.41) is 9.13. The number of hydrogen-bond donors (Lipinski definition) is 1. The molecule has 1 heteroatoms. The molecule has 2 aliphatic carbocycles. The van der Waals surface area contributed by atoms with Gasteiger partial charge in [-0.25, -0.2) is 0 Å². The van der Waals surface area contributed by atoms with Crippen LogP contribution in [-0.2, 0) is 0 Å². The lowest BCUT2D eigenvalue weighted by Gasteiger charge is -2.26. The quantitative estimate of drug-likeness (QED) is 0.613. The van der Waals surface area contributed by atoms with Gasteiger partial charge in [0.05, 0.1) is 0 Å². The van der Waals surface area contributed by atoms with E-state index in [4.69, 9.17) is 5.11 Å². The largest absolute Gasteiger partial charge is 0.396 e. The zero-order valence-electron chi connectivity index (χ0n) is 7.72. The predicted octanol–water partition coefficient (Wildman–Crippen LogP) is 2.05. The lowest BCUT2D eigenvalue weighted by Crippen LogP contribution is -2.21. The number of fused-ring (bicyclic) bond motifs is 1. The minimum atomic E-state index is 0.269. The molecule has 2 saturated carbocycles. The Morgan fingerprint density at radius 3 is 2.00 bits per heavy atom. The summed E-state index contributed by atoms with van der Waals surface area (Å²) in [6.07, 6.45) is 2.50. The van der Waals surface area contributed by atoms with Crippen LogP contribution in [0.5, 0.6) is 0 Å². The van der Waals surface area contributed by atoms with Gasteiger partial charge in [-0.1, -0.05) is 20.8 Å². The van der Waals surface area contributed by atoms with Crippen molar-refractivity contribution in [1.82, 2.24) is 0 Å². The third kappa shape index (κ3) is 0.868. The maximum Gasteiger partial charge on any atom is 0.0484 e. The first-order valence-electron chi connectivity index (χ1n) is 4.60. The van der Waals surface area contributed by atoms with Crippen LogP contribution in [0, 0.1) is 22.7 Å². The van der Waals surface area contributed by atoms with Gasteiger partial charge in [0.1, 0.15) is 0 Å². The molecule has 0 amide bonds. The Morgan fingerprint density at radius 2 is 1.64 bits per heavy atom. The molecule has 0 saturated heterocycles. The van der Waals surface area contributed by atoms with Crippen LogP contribution in [0.3, 0.4) is 0 Å². The van der Waals surface area contributed by atoms with Gasteiger partial charge in [0, 0.05) is 6.61 Å². The van der Waals surface area contributed by atoms with Gasteiger partial charge in [-0.3, -0.25) is 0 Å². The van der Waals surface area contributed by atoms with E-state index in [9.17, 15) is 0 Å². The van der Waals surface area contributed by atoms with Crippen molar-refractivity contribution in [3.8, 4) is 0 Å². The zero-order valence-corrected chi connectivity index (χ0v) is 7.72. The Hall–Kier alpha value is -0.0400. The zero-order chi connectivity index (χ0) is 8.28. The van der Waals surface area contributed by atoms with Crippen LogP contribution in [0.1, 0.15) is 33.6 Å². The van der Waals surface area contributed by atoms with E-state index in [-0.39, 0.29) is 5.41 Å². The van der Waals surface area contributed by atoms with Crippen molar-refractivity contribution < 1.29 is 5.11 Å². The van der Waals surface area contributed by atoms with Crippen molar-refractivity contribution in [2.75, 3.05) is 6.61 Å². The number of hydrogen-bond acceptors (Lipinski definition) is 1. The Kier molecular flexibility index (Phi) is 1.26. The summed E-state index contributed by atoms with van der Waals surface area (Å²) in [5.41, 5.74) is 0.875. The van der Waals surface area contributed by atoms with E-state index in [2.05, 4.69) is 20.8 Å². The molecule has 0 aliphatic heterocycles. The van der Waals surface area contributed by atoms with E-state index < -0.39 is 0 Å². The molecule has 0 radical (unpaired) electrons. The van der Waals surface area contributed by atoms with Gasteiger partial charge in [-0.2, -0.15) is 0 Å². The molecule has 1 N–H and O–H groups in total. The predicted molar refractivity (Wildman–Crippen MR) is 45.2 cm³/mol. The van der Waals surface area contributed by atoms with Crippen molar-refractivity contribution in [3.05, 3.63) is 0 Å². The van der Waals surface area contributed by atoms with Crippen LogP contribution >= 0.6 is 0 Å². The summed E-state index contributed by atoms with van der Waals surface area (Å²) in [5.74, 6) is 1.83. The minimum absolute atomic E-state index is 0.269. The standard InChI is InChI=1S/C10H18O/c1-9(2)7-4-10(3,6-11)5-8(7)9/h7-8,11H,4-6H2,1-3H3/t7-,8+,10?. The SMILES string of the molecule is CC1(CO)C[C@@H]2[C@H](C1)C2(C)C. The van der Waals surface area contributed by atoms with Crippen molar-refractivity contribution in [3.63, 3.8) is 0 Å². The van der Waals surface area contributed by atoms with Crippen LogP contribution in [0.25, 0.3) is 0 Å². The molecule has 0 heterocycles. The molecular formula is C10H18O. The molecule has 0 spiro atoms. The number of aliphatic hydroxyl groups is 1. The first-order valence-corrected chi connectivity index (χ1v) is 4.60. The first kappa shape index (κ1) is 7.60. The van der Waals surface area contributed by atoms with Gasteiger partial charge in [-0.15, -0.1) is 0 Å². The van der Waals surface area contributed by atoms with Crippen LogP contribution in [0.2, 0.25) is 0 Å². The van der Waals surface area contributed by atoms with Crippen LogP contribution in [-0.4, -0.2) is 11.7 Å². The van der Waals surface area contributed by atoms with Crippen molar-refractivity contribution >= 4 is 0 Å². The molecule has 1 unspecified atom stereocenters. The topological polar surface area (TPSA) is 20.2 Å². The number of aliphatic hydroxyl groups excluding tert-OH is 1. The van der Waals surface area contributed by atoms with Crippen molar-refractivity contribution in [1.29, 1.82) is 0 Å². The van der Waals surface area contributed by atoms with Crippen LogP contribution < -0.4 is 0 Å². The summed E-state index contributed by atoms with van der Waals surface area (Å²) >= 11 is 0. The lowest BCUT2D eigenvalue weighted by atomic mass is 9.81. The monoisotopic (exact) mass is 154 g/mol. The molecule has 1 nitrogen and oxygen atoms in total. The summed E-state index contributed by atoms with van der Waals surface area (Å²) in [4.78, 5) is 0. The Morgan fingerprint density at radius 1 is 1.18 bits per heavy atom. The average Bonchev–Trinajstić information content (AvgIpc) is 2.31. The van der Waals surface area contributed by atoms with E-state index >= 15 is 0 Å². The molecule has 0 aromatic heterocycles. The van der Waals surface area contributed by atoms with Crippen molar-refractivity contribution in [2.24, 2.45) is 22.7 Å². The van der Waals surface area contributed by atoms with Gasteiger partial charge in [0.15, 0.2) is 0 Å². The molecule has 2 fully saturated rings. The smallest absolute Gasteiger partial charge is 0.0484 e. The summed E-state index contributed by atoms with van der Waals surface area (Å²) in [6, 6.07) is 0. The fourth-order valence-electron chi connectivity index (χ4n) is 2.94. The highest BCUT2D eigenvalue weighted by molar-refractivity contribution is 5.13. The second-order valence-electron chi connectivity index (χ2n) is 5.41. The fraction of sp³-hybridized carbons (Fsp3) is 1.00. The highest BCUT2D eigenvalue weighted by Crippen LogP contribution is 2.71. The second-order valence-corrected chi connectivity index (χ2v) is 5.41. The molecule has 3 atom stereocenters. The van der Waals surface area contributed by atoms with Gasteiger partial charge in [0.25, 0.3) is 0 Å². The normalized spacial score (nSPS) is 52.4. The fourth-order valence-corrected chi connectivity index (χ4v) is 2.94. The van der Waals surface area contributed by atoms with Gasteiger partial charge >= 0.3 is 0 Å². The maximum absolute atomic E-state index is 9.13. The highest BCUT2D eigenvalue weighted by atomic mass is 16.3. The van der Waals surface area contributed by atoms with Crippen molar-refractivity contribution in [2.45, 2.75) is 33.6 Å². The van der Waals surface area contributed by atoms with E-state index in [1.54, 1.807) is 0 Å². The van der Waals surface area contributed by atoms with E-state index in [1.165, 1.54) is 12.8 Å². The average molecular weight is 154 g/mol. The van der Waals surface area contributed by atoms with Gasteiger partial charge in [-0.05, 0) is 35.5 Å². The molecule has 2 rings (SSSR count). The third-order valence-corrected chi connectivity index (χ3v) is 4.10. The number of rotatable bonds is 1. The molecular weight excluding hydrogens is 136 g/mol. The first-order chi connectivity index (χ1) is 4.99. The second kappa shape index (κ2) is 1.82. The Bertz CT molecular complexity index is 169. The minimum Gasteiger partial charge on any atom is -0.396 e. The summed E-state index contributed by atoms with van der Waals surface area (Å²) in [6.45, 7) is 7.32. The van der Waals surface area contributed by atoms with E-state index in [0.717, 1.165) is 11.8 Å². The Balaban J connectivity index is 2.04. The molecule has 2 aliphatic rings. The molecule has 0 aromatic rings. The van der Waals surface area contributed by atoms with E-state index in [1.807, 2.05) is 0 Å². The summed E-state index contributed by atoms with van der Waals surface area (Å²) in [7, 11) is 0. The van der Waals surface area contributed by atoms with Gasteiger partial charge in [0.2, 0.25) is 0 Å². The molecule has 11 heavy (non-hydrogen) atoms.